The first-order chi connectivity index (χ1) is 22.5. The molecule has 3 heterocycles. The molecule has 4 aromatic rings. The third kappa shape index (κ3) is 5.87. The fourth-order valence-electron chi connectivity index (χ4n) is 6.72. The lowest BCUT2D eigenvalue weighted by Crippen LogP contribution is -2.55. The smallest absolute Gasteiger partial charge is 0.339 e. The van der Waals surface area contributed by atoms with Gasteiger partial charge in [-0.3, -0.25) is 19.4 Å². The number of carbonyl (C=O) groups is 2. The zero-order valence-electron chi connectivity index (χ0n) is 25.7. The molecule has 6 rings (SSSR count). The quantitative estimate of drug-likeness (QED) is 0.236. The molecule has 8 nitrogen and oxygen atoms in total. The van der Waals surface area contributed by atoms with Crippen LogP contribution < -0.4 is 10.2 Å². The largest absolute Gasteiger partial charge is 0.416 e. The van der Waals surface area contributed by atoms with Gasteiger partial charge < -0.3 is 5.32 Å². The Morgan fingerprint density at radius 3 is 2.47 bits per heavy atom. The summed E-state index contributed by atoms with van der Waals surface area (Å²) in [5, 5.41) is 17.7. The fourth-order valence-corrected chi connectivity index (χ4v) is 6.72. The molecule has 1 saturated heterocycles. The van der Waals surface area contributed by atoms with Crippen molar-refractivity contribution in [2.75, 3.05) is 18.0 Å². The standard InChI is InChI=1S/C35H32F4N6O2/c1-3-43-33-29(30(21(2)44-18-8-13-27(44)20-40)42-45(33)26-11-5-4-6-12-26)28(22-14-16-25(36)17-15-22)31(34(43)47)41-32(46)23-9-7-10-24(19-23)35(37,38)39/h4-7,9-12,14-17,19,21,27-28,31H,3,8,13,18H2,1-2H3,(H,41,46). The van der Waals surface area contributed by atoms with E-state index in [1.165, 1.54) is 35.2 Å². The fraction of sp³-hybridized carbons (Fsp3) is 0.314. The number of benzene rings is 3. The van der Waals surface area contributed by atoms with Crippen molar-refractivity contribution < 1.29 is 27.2 Å². The molecule has 4 unspecified atom stereocenters. The maximum Gasteiger partial charge on any atom is 0.416 e. The van der Waals surface area contributed by atoms with Gasteiger partial charge in [0.2, 0.25) is 0 Å². The van der Waals surface area contributed by atoms with Crippen LogP contribution in [-0.4, -0.2) is 51.7 Å². The number of aromatic nitrogens is 2. The Morgan fingerprint density at radius 1 is 1.09 bits per heavy atom. The molecule has 3 aromatic carbocycles. The number of anilines is 1. The number of alkyl halides is 3. The summed E-state index contributed by atoms with van der Waals surface area (Å²) in [5.74, 6) is -2.29. The Bertz CT molecular complexity index is 1830. The number of fused-ring (bicyclic) bond motifs is 1. The summed E-state index contributed by atoms with van der Waals surface area (Å²) < 4.78 is 56.5. The van der Waals surface area contributed by atoms with E-state index in [0.717, 1.165) is 24.6 Å². The van der Waals surface area contributed by atoms with E-state index >= 15 is 0 Å². The number of para-hydroxylation sites is 1. The Labute approximate surface area is 269 Å². The highest BCUT2D eigenvalue weighted by Crippen LogP contribution is 2.46. The van der Waals surface area contributed by atoms with Crippen LogP contribution in [0.1, 0.15) is 71.4 Å². The number of carbonyl (C=O) groups excluding carboxylic acids is 2. The lowest BCUT2D eigenvalue weighted by atomic mass is 9.80. The van der Waals surface area contributed by atoms with Crippen molar-refractivity contribution >= 4 is 17.6 Å². The molecule has 0 spiro atoms. The van der Waals surface area contributed by atoms with Gasteiger partial charge in [0.25, 0.3) is 11.8 Å². The van der Waals surface area contributed by atoms with E-state index < -0.39 is 47.4 Å². The summed E-state index contributed by atoms with van der Waals surface area (Å²) >= 11 is 0. The van der Waals surface area contributed by atoms with Crippen molar-refractivity contribution in [2.45, 2.75) is 56.9 Å². The first-order valence-corrected chi connectivity index (χ1v) is 15.4. The van der Waals surface area contributed by atoms with Crippen LogP contribution in [0.3, 0.4) is 0 Å². The van der Waals surface area contributed by atoms with Crippen molar-refractivity contribution in [3.05, 3.63) is 113 Å². The van der Waals surface area contributed by atoms with Gasteiger partial charge >= 0.3 is 6.18 Å². The van der Waals surface area contributed by atoms with Gasteiger partial charge in [-0.2, -0.15) is 23.5 Å². The van der Waals surface area contributed by atoms with Gasteiger partial charge in [-0.05, 0) is 74.7 Å². The zero-order valence-corrected chi connectivity index (χ0v) is 25.7. The third-order valence-electron chi connectivity index (χ3n) is 8.98. The van der Waals surface area contributed by atoms with E-state index in [1.807, 2.05) is 37.3 Å². The lowest BCUT2D eigenvalue weighted by molar-refractivity contribution is -0.137. The number of amides is 2. The van der Waals surface area contributed by atoms with E-state index in [2.05, 4.69) is 16.3 Å². The second-order valence-corrected chi connectivity index (χ2v) is 11.7. The molecule has 0 bridgehead atoms. The number of likely N-dealkylation sites (tertiary alicyclic amines) is 1. The Morgan fingerprint density at radius 2 is 1.81 bits per heavy atom. The van der Waals surface area contributed by atoms with Crippen LogP contribution in [0.2, 0.25) is 0 Å². The predicted molar refractivity (Wildman–Crippen MR) is 166 cm³/mol. The second kappa shape index (κ2) is 12.6. The maximum absolute atomic E-state index is 14.4. The number of nitrogens with zero attached hydrogens (tertiary/aromatic N) is 5. The number of halogens is 4. The number of hydrogen-bond acceptors (Lipinski definition) is 5. The summed E-state index contributed by atoms with van der Waals surface area (Å²) in [7, 11) is 0. The molecule has 4 atom stereocenters. The molecule has 0 saturated carbocycles. The molecule has 1 aromatic heterocycles. The first-order valence-electron chi connectivity index (χ1n) is 15.4. The van der Waals surface area contributed by atoms with Crippen molar-refractivity contribution in [3.8, 4) is 11.8 Å². The summed E-state index contributed by atoms with van der Waals surface area (Å²) in [6.45, 7) is 4.57. The Hall–Kier alpha value is -5.02. The summed E-state index contributed by atoms with van der Waals surface area (Å²) in [6.07, 6.45) is -3.16. The van der Waals surface area contributed by atoms with Crippen LogP contribution in [0.25, 0.3) is 5.69 Å². The first kappa shape index (κ1) is 31.9. The maximum atomic E-state index is 14.4. The van der Waals surface area contributed by atoms with E-state index in [0.29, 0.717) is 41.3 Å². The molecular weight excluding hydrogens is 612 g/mol. The molecule has 2 amide bonds. The summed E-state index contributed by atoms with van der Waals surface area (Å²) in [6, 6.07) is 19.2. The Balaban J connectivity index is 1.56. The zero-order chi connectivity index (χ0) is 33.5. The van der Waals surface area contributed by atoms with Crippen molar-refractivity contribution in [1.82, 2.24) is 20.0 Å². The highest BCUT2D eigenvalue weighted by molar-refractivity contribution is 6.05. The van der Waals surface area contributed by atoms with Crippen LogP contribution in [0.5, 0.6) is 0 Å². The van der Waals surface area contributed by atoms with Crippen LogP contribution in [0.15, 0.2) is 78.9 Å². The van der Waals surface area contributed by atoms with Gasteiger partial charge in [-0.25, -0.2) is 9.07 Å². The predicted octanol–water partition coefficient (Wildman–Crippen LogP) is 6.38. The van der Waals surface area contributed by atoms with Crippen LogP contribution in [0, 0.1) is 17.1 Å². The average molecular weight is 645 g/mol. The molecule has 0 aliphatic carbocycles. The SMILES string of the molecule is CCN1C(=O)C(NC(=O)c2cccc(C(F)(F)F)c2)C(c2ccc(F)cc2)c2c(C(C)N3CCCC3C#N)nn(-c3ccccc3)c21. The molecule has 0 radical (unpaired) electrons. The molecular formula is C35H32F4N6O2. The van der Waals surface area contributed by atoms with Gasteiger partial charge in [0.05, 0.1) is 35.1 Å². The van der Waals surface area contributed by atoms with E-state index in [-0.39, 0.29) is 18.2 Å². The van der Waals surface area contributed by atoms with Gasteiger partial charge in [-0.15, -0.1) is 0 Å². The van der Waals surface area contributed by atoms with Gasteiger partial charge in [-0.1, -0.05) is 36.4 Å². The minimum Gasteiger partial charge on any atom is -0.339 e. The lowest BCUT2D eigenvalue weighted by Gasteiger charge is -2.39. The van der Waals surface area contributed by atoms with E-state index in [4.69, 9.17) is 5.10 Å². The monoisotopic (exact) mass is 644 g/mol. The van der Waals surface area contributed by atoms with Gasteiger partial charge in [0.15, 0.2) is 0 Å². The van der Waals surface area contributed by atoms with E-state index in [9.17, 15) is 32.4 Å². The minimum atomic E-state index is -4.67. The van der Waals surface area contributed by atoms with Crippen LogP contribution in [0.4, 0.5) is 23.4 Å². The minimum absolute atomic E-state index is 0.189. The van der Waals surface area contributed by atoms with Crippen LogP contribution >= 0.6 is 0 Å². The molecule has 1 fully saturated rings. The highest BCUT2D eigenvalue weighted by Gasteiger charge is 2.48. The van der Waals surface area contributed by atoms with Gasteiger partial charge in [0.1, 0.15) is 17.7 Å². The summed E-state index contributed by atoms with van der Waals surface area (Å²) in [4.78, 5) is 31.6. The van der Waals surface area contributed by atoms with Crippen molar-refractivity contribution in [3.63, 3.8) is 0 Å². The third-order valence-corrected chi connectivity index (χ3v) is 8.98. The van der Waals surface area contributed by atoms with Crippen LogP contribution in [-0.2, 0) is 11.0 Å². The Kier molecular flexibility index (Phi) is 8.59. The number of hydrogen-bond donors (Lipinski definition) is 1. The molecule has 1 N–H and O–H groups in total. The molecule has 12 heteroatoms. The number of nitrogens with one attached hydrogen (secondary N) is 1. The highest BCUT2D eigenvalue weighted by atomic mass is 19.4. The number of rotatable bonds is 7. The number of likely N-dealkylation sites (N-methyl/N-ethyl adjacent to an activating group) is 1. The van der Waals surface area contributed by atoms with E-state index in [1.54, 1.807) is 11.6 Å². The number of nitriles is 1. The molecule has 2 aliphatic heterocycles. The van der Waals surface area contributed by atoms with Crippen molar-refractivity contribution in [2.24, 2.45) is 0 Å². The second-order valence-electron chi connectivity index (χ2n) is 11.7. The average Bonchev–Trinajstić information content (AvgIpc) is 3.71. The summed E-state index contributed by atoms with van der Waals surface area (Å²) in [5.41, 5.74) is 1.10. The molecule has 2 aliphatic rings. The molecule has 242 valence electrons. The van der Waals surface area contributed by atoms with Gasteiger partial charge in [0, 0.05) is 30.1 Å². The molecule has 47 heavy (non-hydrogen) atoms. The topological polar surface area (TPSA) is 94.3 Å². The normalized spacial score (nSPS) is 20.5. The van der Waals surface area contributed by atoms with Crippen molar-refractivity contribution in [1.29, 1.82) is 5.26 Å².